The Hall–Kier alpha value is -1.57. The van der Waals surface area contributed by atoms with Crippen molar-refractivity contribution in [3.8, 4) is 0 Å². The third kappa shape index (κ3) is 2.73. The van der Waals surface area contributed by atoms with E-state index < -0.39 is 0 Å². The molecule has 0 N–H and O–H groups in total. The van der Waals surface area contributed by atoms with Crippen molar-refractivity contribution in [3.63, 3.8) is 0 Å². The van der Waals surface area contributed by atoms with Gasteiger partial charge in [0.2, 0.25) is 0 Å². The average Bonchev–Trinajstić information content (AvgIpc) is 2.49. The topological polar surface area (TPSA) is 9.23 Å². The minimum Gasteiger partial charge on any atom is -0.369 e. The van der Waals surface area contributed by atoms with Gasteiger partial charge in [-0.25, -0.2) is 0 Å². The van der Waals surface area contributed by atoms with Crippen molar-refractivity contribution in [1.82, 2.24) is 0 Å². The van der Waals surface area contributed by atoms with Crippen LogP contribution in [-0.2, 0) is 4.74 Å². The molecule has 0 saturated carbocycles. The second kappa shape index (κ2) is 5.60. The summed E-state index contributed by atoms with van der Waals surface area (Å²) in [6.07, 6.45) is 3.07. The van der Waals surface area contributed by atoms with E-state index >= 15 is 0 Å². The number of halogens is 1. The van der Waals surface area contributed by atoms with Gasteiger partial charge < -0.3 is 4.74 Å². The Bertz CT molecular complexity index is 589. The molecule has 1 heterocycles. The largest absolute Gasteiger partial charge is 0.369 e. The van der Waals surface area contributed by atoms with Crippen LogP contribution in [0.2, 0.25) is 5.02 Å². The molecule has 0 amide bonds. The molecule has 19 heavy (non-hydrogen) atoms. The minimum absolute atomic E-state index is 0.0499. The second-order valence-corrected chi connectivity index (χ2v) is 5.05. The normalized spacial score (nSPS) is 19.0. The fraction of sp³-hybridized carbons (Fsp3) is 0.176. The first-order valence-electron chi connectivity index (χ1n) is 6.45. The van der Waals surface area contributed by atoms with Crippen LogP contribution in [0.1, 0.15) is 23.7 Å². The summed E-state index contributed by atoms with van der Waals surface area (Å²) in [7, 11) is 0. The Balaban J connectivity index is 1.86. The summed E-state index contributed by atoms with van der Waals surface area (Å²) >= 11 is 6.25. The van der Waals surface area contributed by atoms with Crippen LogP contribution >= 0.6 is 11.6 Å². The van der Waals surface area contributed by atoms with Gasteiger partial charge >= 0.3 is 0 Å². The van der Waals surface area contributed by atoms with E-state index in [0.29, 0.717) is 6.61 Å². The van der Waals surface area contributed by atoms with E-state index in [1.54, 1.807) is 0 Å². The molecule has 0 bridgehead atoms. The Kier molecular flexibility index (Phi) is 3.67. The molecule has 0 radical (unpaired) electrons. The maximum atomic E-state index is 6.25. The highest BCUT2D eigenvalue weighted by Crippen LogP contribution is 2.36. The average molecular weight is 271 g/mol. The molecule has 2 heteroatoms. The summed E-state index contributed by atoms with van der Waals surface area (Å²) in [5, 5.41) is 0.779. The molecule has 0 spiro atoms. The highest BCUT2D eigenvalue weighted by Gasteiger charge is 2.20. The molecule has 2 aromatic rings. The lowest BCUT2D eigenvalue weighted by molar-refractivity contribution is 0.0709. The van der Waals surface area contributed by atoms with Crippen molar-refractivity contribution in [3.05, 3.63) is 76.8 Å². The van der Waals surface area contributed by atoms with Crippen LogP contribution in [0.5, 0.6) is 0 Å². The Morgan fingerprint density at radius 3 is 2.47 bits per heavy atom. The molecule has 0 aromatic heterocycles. The van der Waals surface area contributed by atoms with Gasteiger partial charge in [0.15, 0.2) is 0 Å². The maximum Gasteiger partial charge on any atom is 0.0883 e. The lowest BCUT2D eigenvalue weighted by Crippen LogP contribution is -2.11. The molecule has 96 valence electrons. The summed E-state index contributed by atoms with van der Waals surface area (Å²) in [5.74, 6) is 0. The lowest BCUT2D eigenvalue weighted by atomic mass is 9.94. The fourth-order valence-corrected chi connectivity index (χ4v) is 2.69. The molecule has 3 rings (SSSR count). The van der Waals surface area contributed by atoms with E-state index in [1.807, 2.05) is 30.3 Å². The monoisotopic (exact) mass is 270 g/mol. The van der Waals surface area contributed by atoms with Crippen molar-refractivity contribution in [2.75, 3.05) is 6.61 Å². The van der Waals surface area contributed by atoms with Gasteiger partial charge in [0.1, 0.15) is 0 Å². The van der Waals surface area contributed by atoms with E-state index in [4.69, 9.17) is 16.3 Å². The van der Waals surface area contributed by atoms with E-state index in [2.05, 4.69) is 30.3 Å². The standard InChI is InChI=1S/C17H15ClO/c18-16-9-5-4-8-15(16)17-12-14(10-11-19-17)13-6-2-1-3-7-13/h1-10,17H,11-12H2. The zero-order valence-electron chi connectivity index (χ0n) is 10.6. The van der Waals surface area contributed by atoms with Gasteiger partial charge in [0.05, 0.1) is 12.7 Å². The zero-order chi connectivity index (χ0) is 13.1. The predicted molar refractivity (Wildman–Crippen MR) is 79.2 cm³/mol. The van der Waals surface area contributed by atoms with Crippen LogP contribution in [0.25, 0.3) is 5.57 Å². The van der Waals surface area contributed by atoms with Gasteiger partial charge in [-0.2, -0.15) is 0 Å². The zero-order valence-corrected chi connectivity index (χ0v) is 11.3. The quantitative estimate of drug-likeness (QED) is 0.755. The van der Waals surface area contributed by atoms with Crippen LogP contribution in [0.3, 0.4) is 0 Å². The summed E-state index contributed by atoms with van der Waals surface area (Å²) in [5.41, 5.74) is 3.67. The molecule has 1 nitrogen and oxygen atoms in total. The Morgan fingerprint density at radius 2 is 1.68 bits per heavy atom. The first-order chi connectivity index (χ1) is 9.34. The highest BCUT2D eigenvalue weighted by atomic mass is 35.5. The van der Waals surface area contributed by atoms with Crippen molar-refractivity contribution in [2.45, 2.75) is 12.5 Å². The number of hydrogen-bond acceptors (Lipinski definition) is 1. The van der Waals surface area contributed by atoms with Crippen LogP contribution in [0, 0.1) is 0 Å². The Labute approximate surface area is 118 Å². The van der Waals surface area contributed by atoms with E-state index in [0.717, 1.165) is 17.0 Å². The van der Waals surface area contributed by atoms with Gasteiger partial charge in [-0.15, -0.1) is 0 Å². The van der Waals surface area contributed by atoms with Gasteiger partial charge in [0.25, 0.3) is 0 Å². The highest BCUT2D eigenvalue weighted by molar-refractivity contribution is 6.31. The summed E-state index contributed by atoms with van der Waals surface area (Å²) in [6, 6.07) is 18.4. The Morgan fingerprint density at radius 1 is 0.947 bits per heavy atom. The molecule has 1 unspecified atom stereocenters. The molecular weight excluding hydrogens is 256 g/mol. The SMILES string of the molecule is Clc1ccccc1C1CC(c2ccccc2)=CCO1. The van der Waals surface area contributed by atoms with Crippen molar-refractivity contribution in [1.29, 1.82) is 0 Å². The van der Waals surface area contributed by atoms with E-state index in [1.165, 1.54) is 11.1 Å². The molecule has 2 aromatic carbocycles. The number of ether oxygens (including phenoxy) is 1. The molecular formula is C17H15ClO. The minimum atomic E-state index is 0.0499. The van der Waals surface area contributed by atoms with Gasteiger partial charge in [-0.1, -0.05) is 66.2 Å². The van der Waals surface area contributed by atoms with Crippen LogP contribution in [0.15, 0.2) is 60.7 Å². The molecule has 0 saturated heterocycles. The van der Waals surface area contributed by atoms with Gasteiger partial charge in [-0.05, 0) is 22.8 Å². The molecule has 1 aliphatic rings. The number of rotatable bonds is 2. The second-order valence-electron chi connectivity index (χ2n) is 4.64. The van der Waals surface area contributed by atoms with Crippen LogP contribution in [-0.4, -0.2) is 6.61 Å². The van der Waals surface area contributed by atoms with Crippen molar-refractivity contribution < 1.29 is 4.74 Å². The van der Waals surface area contributed by atoms with Crippen molar-refractivity contribution in [2.24, 2.45) is 0 Å². The lowest BCUT2D eigenvalue weighted by Gasteiger charge is -2.24. The van der Waals surface area contributed by atoms with Gasteiger partial charge in [0, 0.05) is 11.4 Å². The molecule has 1 atom stereocenters. The number of hydrogen-bond donors (Lipinski definition) is 0. The molecule has 0 aliphatic carbocycles. The summed E-state index contributed by atoms with van der Waals surface area (Å²) in [4.78, 5) is 0. The first kappa shape index (κ1) is 12.5. The fourth-order valence-electron chi connectivity index (χ4n) is 2.43. The first-order valence-corrected chi connectivity index (χ1v) is 6.83. The maximum absolute atomic E-state index is 6.25. The summed E-state index contributed by atoms with van der Waals surface area (Å²) in [6.45, 7) is 0.639. The van der Waals surface area contributed by atoms with Crippen LogP contribution < -0.4 is 0 Å². The van der Waals surface area contributed by atoms with E-state index in [-0.39, 0.29) is 6.10 Å². The molecule has 0 fully saturated rings. The third-order valence-corrected chi connectivity index (χ3v) is 3.77. The predicted octanol–water partition coefficient (Wildman–Crippen LogP) is 4.89. The van der Waals surface area contributed by atoms with E-state index in [9.17, 15) is 0 Å². The smallest absolute Gasteiger partial charge is 0.0883 e. The summed E-state index contributed by atoms with van der Waals surface area (Å²) < 4.78 is 5.84. The van der Waals surface area contributed by atoms with Crippen LogP contribution in [0.4, 0.5) is 0 Å². The van der Waals surface area contributed by atoms with Crippen molar-refractivity contribution >= 4 is 17.2 Å². The third-order valence-electron chi connectivity index (χ3n) is 3.43. The molecule has 1 aliphatic heterocycles. The number of benzene rings is 2. The van der Waals surface area contributed by atoms with Gasteiger partial charge in [-0.3, -0.25) is 0 Å².